The number of aryl methyl sites for hydroxylation is 1. The van der Waals surface area contributed by atoms with Crippen LogP contribution in [0.3, 0.4) is 0 Å². The summed E-state index contributed by atoms with van der Waals surface area (Å²) in [5, 5.41) is 13.8. The average molecular weight is 257 g/mol. The molecular weight excluding hydrogens is 241 g/mol. The molecule has 1 aliphatic heterocycles. The Balaban J connectivity index is 2.07. The Morgan fingerprint density at radius 1 is 1.21 bits per heavy atom. The number of para-hydroxylation sites is 1. The van der Waals surface area contributed by atoms with Gasteiger partial charge in [-0.1, -0.05) is 35.9 Å². The van der Waals surface area contributed by atoms with Crippen LogP contribution >= 0.6 is 0 Å². The second kappa shape index (κ2) is 4.67. The van der Waals surface area contributed by atoms with Gasteiger partial charge in [0.2, 0.25) is 0 Å². The Hall–Kier alpha value is -1.87. The summed E-state index contributed by atoms with van der Waals surface area (Å²) in [7, 11) is 0. The molecule has 1 heterocycles. The van der Waals surface area contributed by atoms with Crippen molar-refractivity contribution in [1.82, 2.24) is 0 Å². The minimum atomic E-state index is -0.930. The highest BCUT2D eigenvalue weighted by atomic mass is 19.1. The summed E-state index contributed by atoms with van der Waals surface area (Å²) in [6.45, 7) is 2.76. The van der Waals surface area contributed by atoms with E-state index in [2.05, 4.69) is 5.32 Å². The van der Waals surface area contributed by atoms with E-state index in [0.717, 1.165) is 29.8 Å². The van der Waals surface area contributed by atoms with E-state index in [1.165, 1.54) is 11.6 Å². The van der Waals surface area contributed by atoms with Crippen LogP contribution in [-0.4, -0.2) is 11.7 Å². The minimum Gasteiger partial charge on any atom is -0.384 e. The molecule has 98 valence electrons. The summed E-state index contributed by atoms with van der Waals surface area (Å²) in [6.07, 6.45) is 0.0204. The van der Waals surface area contributed by atoms with Crippen molar-refractivity contribution in [3.05, 3.63) is 64.5 Å². The van der Waals surface area contributed by atoms with Crippen LogP contribution in [-0.2, 0) is 6.42 Å². The van der Waals surface area contributed by atoms with E-state index >= 15 is 0 Å². The Labute approximate surface area is 111 Å². The first-order valence-electron chi connectivity index (χ1n) is 6.46. The van der Waals surface area contributed by atoms with Crippen molar-refractivity contribution in [3.8, 4) is 0 Å². The van der Waals surface area contributed by atoms with Crippen molar-refractivity contribution in [2.24, 2.45) is 0 Å². The highest BCUT2D eigenvalue weighted by molar-refractivity contribution is 5.63. The highest BCUT2D eigenvalue weighted by Crippen LogP contribution is 2.34. The molecule has 0 saturated carbocycles. The number of halogens is 1. The van der Waals surface area contributed by atoms with Crippen molar-refractivity contribution < 1.29 is 9.50 Å². The quantitative estimate of drug-likeness (QED) is 0.866. The third-order valence-corrected chi connectivity index (χ3v) is 3.62. The number of hydrogen-bond acceptors (Lipinski definition) is 2. The zero-order valence-corrected chi connectivity index (χ0v) is 10.8. The van der Waals surface area contributed by atoms with E-state index < -0.39 is 6.10 Å². The van der Waals surface area contributed by atoms with Crippen LogP contribution in [0.5, 0.6) is 0 Å². The normalized spacial score (nSPS) is 14.9. The first-order valence-corrected chi connectivity index (χ1v) is 6.46. The van der Waals surface area contributed by atoms with Gasteiger partial charge in [-0.3, -0.25) is 0 Å². The molecule has 0 bridgehead atoms. The Bertz CT molecular complexity index is 624. The predicted octanol–water partition coefficient (Wildman–Crippen LogP) is 3.18. The summed E-state index contributed by atoms with van der Waals surface area (Å²) in [5.41, 5.74) is 4.16. The van der Waals surface area contributed by atoms with Gasteiger partial charge in [0.25, 0.3) is 0 Å². The highest BCUT2D eigenvalue weighted by Gasteiger charge is 2.22. The molecule has 2 N–H and O–H groups in total. The summed E-state index contributed by atoms with van der Waals surface area (Å²) in [5.74, 6) is -0.367. The van der Waals surface area contributed by atoms with Gasteiger partial charge in [-0.15, -0.1) is 0 Å². The van der Waals surface area contributed by atoms with Crippen LogP contribution in [0, 0.1) is 12.7 Å². The minimum absolute atomic E-state index is 0.335. The lowest BCUT2D eigenvalue weighted by Gasteiger charge is -2.17. The topological polar surface area (TPSA) is 32.3 Å². The van der Waals surface area contributed by atoms with Gasteiger partial charge in [0.1, 0.15) is 11.9 Å². The molecule has 2 aromatic rings. The molecule has 0 saturated heterocycles. The number of aliphatic hydroxyl groups excluding tert-OH is 1. The van der Waals surface area contributed by atoms with Gasteiger partial charge < -0.3 is 10.4 Å². The molecule has 1 atom stereocenters. The summed E-state index contributed by atoms with van der Waals surface area (Å²) < 4.78 is 13.9. The number of benzene rings is 2. The molecule has 2 nitrogen and oxygen atoms in total. The number of anilines is 1. The maximum atomic E-state index is 13.9. The Kier molecular flexibility index (Phi) is 2.99. The molecule has 1 unspecified atom stereocenters. The van der Waals surface area contributed by atoms with Crippen molar-refractivity contribution in [3.63, 3.8) is 0 Å². The second-order valence-corrected chi connectivity index (χ2v) is 4.99. The molecule has 0 aliphatic carbocycles. The van der Waals surface area contributed by atoms with Gasteiger partial charge in [-0.05, 0) is 25.0 Å². The largest absolute Gasteiger partial charge is 0.384 e. The smallest absolute Gasteiger partial charge is 0.129 e. The van der Waals surface area contributed by atoms with E-state index in [1.54, 1.807) is 12.1 Å². The maximum Gasteiger partial charge on any atom is 0.129 e. The number of hydrogen-bond donors (Lipinski definition) is 2. The molecule has 1 aliphatic rings. The van der Waals surface area contributed by atoms with E-state index in [4.69, 9.17) is 0 Å². The van der Waals surface area contributed by atoms with Crippen molar-refractivity contribution in [2.45, 2.75) is 19.4 Å². The lowest BCUT2D eigenvalue weighted by Crippen LogP contribution is -2.06. The summed E-state index contributed by atoms with van der Waals surface area (Å²) >= 11 is 0. The average Bonchev–Trinajstić information content (AvgIpc) is 2.89. The fourth-order valence-electron chi connectivity index (χ4n) is 2.63. The standard InChI is InChI=1S/C16H16FNO/c1-10-5-6-14(17)13(9-10)16(19)12-4-2-3-11-7-8-18-15(11)12/h2-6,9,16,18-19H,7-8H2,1H3. The van der Waals surface area contributed by atoms with E-state index in [1.807, 2.05) is 25.1 Å². The van der Waals surface area contributed by atoms with Gasteiger partial charge in [-0.25, -0.2) is 4.39 Å². The third kappa shape index (κ3) is 2.10. The van der Waals surface area contributed by atoms with Crippen molar-refractivity contribution >= 4 is 5.69 Å². The van der Waals surface area contributed by atoms with Crippen molar-refractivity contribution in [2.75, 3.05) is 11.9 Å². The zero-order chi connectivity index (χ0) is 13.4. The van der Waals surface area contributed by atoms with Gasteiger partial charge >= 0.3 is 0 Å². The summed E-state index contributed by atoms with van der Waals surface area (Å²) in [6, 6.07) is 10.6. The molecule has 0 amide bonds. The molecule has 3 rings (SSSR count). The lowest BCUT2D eigenvalue weighted by molar-refractivity contribution is 0.215. The molecule has 0 aromatic heterocycles. The van der Waals surface area contributed by atoms with E-state index in [9.17, 15) is 9.50 Å². The van der Waals surface area contributed by atoms with Crippen LogP contribution < -0.4 is 5.32 Å². The van der Waals surface area contributed by atoms with Crippen LogP contribution in [0.1, 0.15) is 28.4 Å². The predicted molar refractivity (Wildman–Crippen MR) is 73.8 cm³/mol. The van der Waals surface area contributed by atoms with Crippen molar-refractivity contribution in [1.29, 1.82) is 0 Å². The number of aliphatic hydroxyl groups is 1. The monoisotopic (exact) mass is 257 g/mol. The molecule has 2 aromatic carbocycles. The molecule has 0 fully saturated rings. The van der Waals surface area contributed by atoms with Gasteiger partial charge in [0.15, 0.2) is 0 Å². The van der Waals surface area contributed by atoms with Gasteiger partial charge in [-0.2, -0.15) is 0 Å². The second-order valence-electron chi connectivity index (χ2n) is 4.99. The third-order valence-electron chi connectivity index (χ3n) is 3.62. The summed E-state index contributed by atoms with van der Waals surface area (Å²) in [4.78, 5) is 0. The van der Waals surface area contributed by atoms with Crippen LogP contribution in [0.2, 0.25) is 0 Å². The number of nitrogens with one attached hydrogen (secondary N) is 1. The Morgan fingerprint density at radius 2 is 2.05 bits per heavy atom. The zero-order valence-electron chi connectivity index (χ0n) is 10.8. The fourth-order valence-corrected chi connectivity index (χ4v) is 2.63. The number of fused-ring (bicyclic) bond motifs is 1. The van der Waals surface area contributed by atoms with Gasteiger partial charge in [0, 0.05) is 23.4 Å². The SMILES string of the molecule is Cc1ccc(F)c(C(O)c2cccc3c2NCC3)c1. The number of rotatable bonds is 2. The molecule has 19 heavy (non-hydrogen) atoms. The molecule has 0 spiro atoms. The fraction of sp³-hybridized carbons (Fsp3) is 0.250. The molecular formula is C16H16FNO. The molecule has 0 radical (unpaired) electrons. The maximum absolute atomic E-state index is 13.9. The first kappa shape index (κ1) is 12.2. The van der Waals surface area contributed by atoms with Crippen LogP contribution in [0.25, 0.3) is 0 Å². The van der Waals surface area contributed by atoms with E-state index in [0.29, 0.717) is 5.56 Å². The molecule has 3 heteroatoms. The lowest BCUT2D eigenvalue weighted by atomic mass is 9.96. The Morgan fingerprint density at radius 3 is 2.89 bits per heavy atom. The van der Waals surface area contributed by atoms with Crippen LogP contribution in [0.15, 0.2) is 36.4 Å². The van der Waals surface area contributed by atoms with Crippen LogP contribution in [0.4, 0.5) is 10.1 Å². The first-order chi connectivity index (χ1) is 9.16. The van der Waals surface area contributed by atoms with E-state index in [-0.39, 0.29) is 5.82 Å². The van der Waals surface area contributed by atoms with Gasteiger partial charge in [0.05, 0.1) is 0 Å².